The highest BCUT2D eigenvalue weighted by Crippen LogP contribution is 2.24. The van der Waals surface area contributed by atoms with Crippen molar-refractivity contribution in [3.8, 4) is 6.07 Å². The van der Waals surface area contributed by atoms with Crippen LogP contribution < -0.4 is 4.90 Å². The molecule has 24 heavy (non-hydrogen) atoms. The Bertz CT molecular complexity index is 590. The molecule has 1 aromatic rings. The number of amides is 1. The number of carbonyl (C=O) groups excluding carboxylic acids is 1. The third kappa shape index (κ3) is 5.65. The van der Waals surface area contributed by atoms with Crippen LogP contribution >= 0.6 is 0 Å². The summed E-state index contributed by atoms with van der Waals surface area (Å²) in [6.45, 7) is 13.5. The van der Waals surface area contributed by atoms with Crippen LogP contribution in [0.4, 0.5) is 5.69 Å². The van der Waals surface area contributed by atoms with Gasteiger partial charge in [-0.15, -0.1) is 0 Å². The molecule has 0 spiro atoms. The zero-order valence-electron chi connectivity index (χ0n) is 16.2. The minimum atomic E-state index is 0.0360. The van der Waals surface area contributed by atoms with Crippen LogP contribution in [0.3, 0.4) is 0 Å². The number of anilines is 1. The van der Waals surface area contributed by atoms with Crippen LogP contribution in [0.5, 0.6) is 0 Å². The summed E-state index contributed by atoms with van der Waals surface area (Å²) in [6, 6.07) is 8.53. The van der Waals surface area contributed by atoms with Gasteiger partial charge in [0.25, 0.3) is 0 Å². The summed E-state index contributed by atoms with van der Waals surface area (Å²) in [4.78, 5) is 16.7. The van der Waals surface area contributed by atoms with E-state index in [2.05, 4.69) is 44.7 Å². The highest BCUT2D eigenvalue weighted by Gasteiger charge is 2.27. The maximum absolute atomic E-state index is 12.9. The second-order valence-corrected chi connectivity index (χ2v) is 7.76. The van der Waals surface area contributed by atoms with Gasteiger partial charge in [-0.25, -0.2) is 0 Å². The van der Waals surface area contributed by atoms with Gasteiger partial charge in [-0.05, 0) is 56.5 Å². The molecule has 0 radical (unpaired) electrons. The molecule has 4 heteroatoms. The maximum atomic E-state index is 12.9. The van der Waals surface area contributed by atoms with Gasteiger partial charge in [0.05, 0.1) is 19.0 Å². The number of benzene rings is 1. The van der Waals surface area contributed by atoms with E-state index in [0.29, 0.717) is 19.5 Å². The van der Waals surface area contributed by atoms with E-state index in [1.54, 1.807) is 4.90 Å². The molecule has 0 aliphatic rings. The van der Waals surface area contributed by atoms with Crippen LogP contribution in [0.25, 0.3) is 0 Å². The van der Waals surface area contributed by atoms with Gasteiger partial charge in [0.15, 0.2) is 0 Å². The summed E-state index contributed by atoms with van der Waals surface area (Å²) >= 11 is 0. The van der Waals surface area contributed by atoms with E-state index >= 15 is 0 Å². The molecule has 1 aromatic carbocycles. The Kier molecular flexibility index (Phi) is 6.98. The lowest BCUT2D eigenvalue weighted by Crippen LogP contribution is -2.46. The van der Waals surface area contributed by atoms with Crippen LogP contribution in [0, 0.1) is 30.6 Å². The average molecular weight is 329 g/mol. The molecule has 0 bridgehead atoms. The molecule has 0 unspecified atom stereocenters. The minimum absolute atomic E-state index is 0.0360. The number of carbonyl (C=O) groups is 1. The summed E-state index contributed by atoms with van der Waals surface area (Å²) in [6.07, 6.45) is 0.331. The van der Waals surface area contributed by atoms with Crippen LogP contribution in [0.15, 0.2) is 18.2 Å². The zero-order valence-corrected chi connectivity index (χ0v) is 16.2. The molecule has 0 aliphatic carbocycles. The number of likely N-dealkylation sites (N-methyl/N-ethyl adjacent to an activating group) is 1. The highest BCUT2D eigenvalue weighted by molar-refractivity contribution is 5.95. The highest BCUT2D eigenvalue weighted by atomic mass is 16.2. The van der Waals surface area contributed by atoms with Crippen LogP contribution in [0.2, 0.25) is 0 Å². The Balaban J connectivity index is 2.99. The first-order valence-corrected chi connectivity index (χ1v) is 8.52. The van der Waals surface area contributed by atoms with E-state index in [1.165, 1.54) is 0 Å². The number of hydrogen-bond acceptors (Lipinski definition) is 3. The number of rotatable bonds is 6. The molecular formula is C20H31N3O. The van der Waals surface area contributed by atoms with Gasteiger partial charge in [-0.1, -0.05) is 26.8 Å². The molecule has 132 valence electrons. The molecule has 0 aliphatic heterocycles. The summed E-state index contributed by atoms with van der Waals surface area (Å²) in [7, 11) is 1.98. The van der Waals surface area contributed by atoms with Crippen LogP contribution in [-0.2, 0) is 4.79 Å². The summed E-state index contributed by atoms with van der Waals surface area (Å²) in [5, 5.41) is 8.93. The smallest absolute Gasteiger partial charge is 0.241 e. The first-order chi connectivity index (χ1) is 11.1. The van der Waals surface area contributed by atoms with Crippen molar-refractivity contribution in [1.29, 1.82) is 5.26 Å². The van der Waals surface area contributed by atoms with E-state index in [-0.39, 0.29) is 17.4 Å². The van der Waals surface area contributed by atoms with Gasteiger partial charge in [0.1, 0.15) is 0 Å². The lowest BCUT2D eigenvalue weighted by molar-refractivity contribution is -0.120. The van der Waals surface area contributed by atoms with Crippen molar-refractivity contribution in [2.75, 3.05) is 25.0 Å². The SMILES string of the molecule is Cc1cc(C)cc(N(CCC#N)C(=O)CN(C)[C@H](C)C(C)(C)C)c1. The molecule has 0 aromatic heterocycles. The first-order valence-electron chi connectivity index (χ1n) is 8.52. The fraction of sp³-hybridized carbons (Fsp3) is 0.600. The van der Waals surface area contributed by atoms with Crippen molar-refractivity contribution >= 4 is 11.6 Å². The topological polar surface area (TPSA) is 47.3 Å². The summed E-state index contributed by atoms with van der Waals surface area (Å²) in [5.41, 5.74) is 3.23. The molecular weight excluding hydrogens is 298 g/mol. The predicted octanol–water partition coefficient (Wildman–Crippen LogP) is 3.92. The third-order valence-corrected chi connectivity index (χ3v) is 4.57. The van der Waals surface area contributed by atoms with E-state index in [4.69, 9.17) is 5.26 Å². The molecule has 0 heterocycles. The van der Waals surface area contributed by atoms with E-state index in [0.717, 1.165) is 16.8 Å². The molecule has 1 rings (SSSR count). The number of hydrogen-bond donors (Lipinski definition) is 0. The van der Waals surface area contributed by atoms with E-state index in [1.807, 2.05) is 33.0 Å². The molecule has 0 N–H and O–H groups in total. The fourth-order valence-corrected chi connectivity index (χ4v) is 2.76. The van der Waals surface area contributed by atoms with Crippen molar-refractivity contribution in [1.82, 2.24) is 4.90 Å². The molecule has 1 amide bonds. The van der Waals surface area contributed by atoms with Gasteiger partial charge < -0.3 is 4.90 Å². The molecule has 4 nitrogen and oxygen atoms in total. The Morgan fingerprint density at radius 3 is 2.21 bits per heavy atom. The monoisotopic (exact) mass is 329 g/mol. The molecule has 1 atom stereocenters. The first kappa shape index (κ1) is 20.2. The normalized spacial score (nSPS) is 12.8. The zero-order chi connectivity index (χ0) is 18.5. The van der Waals surface area contributed by atoms with Crippen LogP contribution in [0.1, 0.15) is 45.2 Å². The van der Waals surface area contributed by atoms with Crippen molar-refractivity contribution in [2.45, 2.75) is 54.0 Å². The Hall–Kier alpha value is -1.86. The van der Waals surface area contributed by atoms with Gasteiger partial charge in [-0.3, -0.25) is 9.69 Å². The summed E-state index contributed by atoms with van der Waals surface area (Å²) < 4.78 is 0. The van der Waals surface area contributed by atoms with Gasteiger partial charge >= 0.3 is 0 Å². The fourth-order valence-electron chi connectivity index (χ4n) is 2.76. The molecule has 0 fully saturated rings. The van der Waals surface area contributed by atoms with Crippen molar-refractivity contribution in [2.24, 2.45) is 5.41 Å². The van der Waals surface area contributed by atoms with E-state index in [9.17, 15) is 4.79 Å². The lowest BCUT2D eigenvalue weighted by atomic mass is 9.87. The average Bonchev–Trinajstić information content (AvgIpc) is 2.44. The third-order valence-electron chi connectivity index (χ3n) is 4.57. The quantitative estimate of drug-likeness (QED) is 0.795. The summed E-state index contributed by atoms with van der Waals surface area (Å²) in [5.74, 6) is 0.0360. The van der Waals surface area contributed by atoms with Gasteiger partial charge in [0.2, 0.25) is 5.91 Å². The standard InChI is InChI=1S/C20H31N3O/c1-15-11-16(2)13-18(12-15)23(10-8-9-21)19(24)14-22(7)17(3)20(4,5)6/h11-13,17H,8,10,14H2,1-7H3/t17-/m1/s1. The number of nitriles is 1. The van der Waals surface area contributed by atoms with Gasteiger partial charge in [-0.2, -0.15) is 5.26 Å². The van der Waals surface area contributed by atoms with Crippen LogP contribution in [-0.4, -0.2) is 37.0 Å². The number of nitrogens with zero attached hydrogens (tertiary/aromatic N) is 3. The van der Waals surface area contributed by atoms with Crippen molar-refractivity contribution < 1.29 is 4.79 Å². The Morgan fingerprint density at radius 1 is 1.21 bits per heavy atom. The second-order valence-electron chi connectivity index (χ2n) is 7.76. The van der Waals surface area contributed by atoms with E-state index < -0.39 is 0 Å². The second kappa shape index (κ2) is 8.30. The largest absolute Gasteiger partial charge is 0.310 e. The predicted molar refractivity (Wildman–Crippen MR) is 100 cm³/mol. The molecule has 0 saturated heterocycles. The Labute approximate surface area is 147 Å². The van der Waals surface area contributed by atoms with Gasteiger partial charge in [0, 0.05) is 18.3 Å². The Morgan fingerprint density at radius 2 is 1.75 bits per heavy atom. The maximum Gasteiger partial charge on any atom is 0.241 e. The molecule has 0 saturated carbocycles. The number of aryl methyl sites for hydroxylation is 2. The lowest BCUT2D eigenvalue weighted by Gasteiger charge is -2.36. The minimum Gasteiger partial charge on any atom is -0.310 e. The van der Waals surface area contributed by atoms with Crippen molar-refractivity contribution in [3.05, 3.63) is 29.3 Å². The van der Waals surface area contributed by atoms with Crippen molar-refractivity contribution in [3.63, 3.8) is 0 Å².